The summed E-state index contributed by atoms with van der Waals surface area (Å²) in [6.45, 7) is 0. The van der Waals surface area contributed by atoms with E-state index in [2.05, 4.69) is 5.32 Å². The fourth-order valence-corrected chi connectivity index (χ4v) is 0.388. The molecule has 0 saturated heterocycles. The second-order valence-corrected chi connectivity index (χ2v) is 1.41. The summed E-state index contributed by atoms with van der Waals surface area (Å²) in [7, 11) is 0.0333. The number of hydrogen-bond donors (Lipinski definition) is 4. The van der Waals surface area contributed by atoms with Gasteiger partial charge in [-0.1, -0.05) is 0 Å². The molecule has 0 amide bonds. The van der Waals surface area contributed by atoms with Gasteiger partial charge >= 0.3 is 7.12 Å². The number of rotatable bonds is 3. The lowest BCUT2D eigenvalue weighted by Gasteiger charge is -2.01. The molecule has 4 nitrogen and oxygen atoms in total. The molecule has 0 saturated carbocycles. The largest absolute Gasteiger partial charge is 0.505 e. The summed E-state index contributed by atoms with van der Waals surface area (Å²) in [5, 5.41) is 26.0. The van der Waals surface area contributed by atoms with Crippen LogP contribution >= 0.6 is 0 Å². The van der Waals surface area contributed by atoms with Crippen molar-refractivity contribution in [2.45, 2.75) is 0 Å². The van der Waals surface area contributed by atoms with E-state index in [0.717, 1.165) is 6.21 Å². The molecule has 0 heterocycles. The first-order valence-electron chi connectivity index (χ1n) is 2.47. The van der Waals surface area contributed by atoms with Gasteiger partial charge in [-0.2, -0.15) is 0 Å². The molecule has 4 N–H and O–H groups in total. The van der Waals surface area contributed by atoms with E-state index in [1.807, 2.05) is 0 Å². The molecule has 9 heavy (non-hydrogen) atoms. The number of nitrogens with one attached hydrogen (secondary N) is 2. The molecule has 5 heteroatoms. The minimum Gasteiger partial charge on any atom is -0.422 e. The van der Waals surface area contributed by atoms with E-state index < -0.39 is 7.12 Å². The van der Waals surface area contributed by atoms with Crippen molar-refractivity contribution >= 4 is 13.3 Å². The van der Waals surface area contributed by atoms with Gasteiger partial charge < -0.3 is 20.8 Å². The van der Waals surface area contributed by atoms with Crippen LogP contribution in [0.3, 0.4) is 0 Å². The van der Waals surface area contributed by atoms with E-state index in [0.29, 0.717) is 0 Å². The van der Waals surface area contributed by atoms with Gasteiger partial charge in [-0.3, -0.25) is 0 Å². The molecule has 0 rings (SSSR count). The first-order chi connectivity index (χ1) is 4.22. The van der Waals surface area contributed by atoms with Gasteiger partial charge in [0.1, 0.15) is 0 Å². The fraction of sp³-hybridized carbons (Fsp3) is 0.250. The van der Waals surface area contributed by atoms with E-state index in [-0.39, 0.29) is 5.60 Å². The Balaban J connectivity index is 3.96. The molecular weight excluding hydrogens is 119 g/mol. The van der Waals surface area contributed by atoms with Crippen LogP contribution in [-0.4, -0.2) is 30.4 Å². The minimum absolute atomic E-state index is 0.213. The SMILES string of the molecule is CN/C(=C\C=N)B(O)O. The molecule has 0 atom stereocenters. The van der Waals surface area contributed by atoms with Crippen LogP contribution in [0.25, 0.3) is 0 Å². The maximum atomic E-state index is 8.46. The predicted molar refractivity (Wildman–Crippen MR) is 36.1 cm³/mol. The third-order valence-corrected chi connectivity index (χ3v) is 0.830. The van der Waals surface area contributed by atoms with Crippen molar-refractivity contribution in [1.82, 2.24) is 5.32 Å². The molecule has 0 aromatic carbocycles. The maximum absolute atomic E-state index is 8.46. The van der Waals surface area contributed by atoms with Crippen LogP contribution in [0, 0.1) is 5.41 Å². The van der Waals surface area contributed by atoms with Gasteiger partial charge in [0.15, 0.2) is 0 Å². The van der Waals surface area contributed by atoms with Gasteiger partial charge in [0.05, 0.1) is 0 Å². The molecule has 0 aliphatic carbocycles. The first-order valence-corrected chi connectivity index (χ1v) is 2.47. The molecule has 0 unspecified atom stereocenters. The Bertz CT molecular complexity index is 124. The van der Waals surface area contributed by atoms with Crippen LogP contribution in [0.2, 0.25) is 0 Å². The molecule has 0 spiro atoms. The van der Waals surface area contributed by atoms with Gasteiger partial charge in [-0.25, -0.2) is 0 Å². The van der Waals surface area contributed by atoms with Crippen molar-refractivity contribution in [3.8, 4) is 0 Å². The van der Waals surface area contributed by atoms with E-state index >= 15 is 0 Å². The van der Waals surface area contributed by atoms with Gasteiger partial charge in [-0.05, 0) is 6.08 Å². The Kier molecular flexibility index (Phi) is 3.74. The molecule has 0 aliphatic heterocycles. The topological polar surface area (TPSA) is 76.3 Å². The fourth-order valence-electron chi connectivity index (χ4n) is 0.388. The Morgan fingerprint density at radius 2 is 2.22 bits per heavy atom. The van der Waals surface area contributed by atoms with Crippen LogP contribution in [0.4, 0.5) is 0 Å². The highest BCUT2D eigenvalue weighted by Crippen LogP contribution is 1.85. The van der Waals surface area contributed by atoms with Crippen LogP contribution < -0.4 is 5.32 Å². The smallest absolute Gasteiger partial charge is 0.422 e. The van der Waals surface area contributed by atoms with Crippen LogP contribution in [0.15, 0.2) is 11.7 Å². The van der Waals surface area contributed by atoms with Gasteiger partial charge in [0.2, 0.25) is 0 Å². The van der Waals surface area contributed by atoms with Crippen molar-refractivity contribution in [2.24, 2.45) is 0 Å². The van der Waals surface area contributed by atoms with Gasteiger partial charge in [-0.15, -0.1) is 0 Å². The molecule has 0 aromatic rings. The van der Waals surface area contributed by atoms with Gasteiger partial charge in [0.25, 0.3) is 0 Å². The van der Waals surface area contributed by atoms with E-state index in [1.165, 1.54) is 6.08 Å². The van der Waals surface area contributed by atoms with E-state index in [4.69, 9.17) is 15.5 Å². The summed E-state index contributed by atoms with van der Waals surface area (Å²) in [5.41, 5.74) is 0.213. The van der Waals surface area contributed by atoms with E-state index in [1.54, 1.807) is 7.05 Å². The van der Waals surface area contributed by atoms with Crippen molar-refractivity contribution in [3.63, 3.8) is 0 Å². The van der Waals surface area contributed by atoms with Gasteiger partial charge in [0, 0.05) is 18.9 Å². The lowest BCUT2D eigenvalue weighted by molar-refractivity contribution is 0.415. The zero-order chi connectivity index (χ0) is 7.28. The zero-order valence-corrected chi connectivity index (χ0v) is 5.13. The Labute approximate surface area is 53.9 Å². The van der Waals surface area contributed by atoms with Crippen LogP contribution in [0.1, 0.15) is 0 Å². The summed E-state index contributed by atoms with van der Waals surface area (Å²) >= 11 is 0. The summed E-state index contributed by atoms with van der Waals surface area (Å²) in [5.74, 6) is 0. The Morgan fingerprint density at radius 1 is 1.67 bits per heavy atom. The number of hydrogen-bond acceptors (Lipinski definition) is 4. The third kappa shape index (κ3) is 2.89. The highest BCUT2D eigenvalue weighted by atomic mass is 16.4. The molecule has 0 bridgehead atoms. The normalized spacial score (nSPS) is 10.8. The summed E-state index contributed by atoms with van der Waals surface area (Å²) in [6, 6.07) is 0. The lowest BCUT2D eigenvalue weighted by atomic mass is 9.86. The van der Waals surface area contributed by atoms with Crippen LogP contribution in [0.5, 0.6) is 0 Å². The molecule has 0 aliphatic rings. The number of allylic oxidation sites excluding steroid dienone is 1. The second-order valence-electron chi connectivity index (χ2n) is 1.41. The zero-order valence-electron chi connectivity index (χ0n) is 5.13. The highest BCUT2D eigenvalue weighted by molar-refractivity contribution is 6.50. The Morgan fingerprint density at radius 3 is 2.33 bits per heavy atom. The maximum Gasteiger partial charge on any atom is 0.505 e. The summed E-state index contributed by atoms with van der Waals surface area (Å²) < 4.78 is 0. The van der Waals surface area contributed by atoms with Crippen molar-refractivity contribution in [2.75, 3.05) is 7.05 Å². The van der Waals surface area contributed by atoms with Crippen molar-refractivity contribution in [3.05, 3.63) is 11.7 Å². The molecule has 0 aromatic heterocycles. The minimum atomic E-state index is -1.52. The Hall–Kier alpha value is -0.805. The standard InChI is InChI=1S/C4H9BN2O2/c1-7-4(2-3-6)5(8)9/h2-3,6-9H,1H3/b4-2-,6-3?. The molecular formula is C4H9BN2O2. The molecule has 0 fully saturated rings. The van der Waals surface area contributed by atoms with Crippen molar-refractivity contribution in [1.29, 1.82) is 5.41 Å². The molecule has 0 radical (unpaired) electrons. The summed E-state index contributed by atoms with van der Waals surface area (Å²) in [6.07, 6.45) is 2.25. The average Bonchev–Trinajstić information content (AvgIpc) is 1.82. The highest BCUT2D eigenvalue weighted by Gasteiger charge is 2.10. The third-order valence-electron chi connectivity index (χ3n) is 0.830. The van der Waals surface area contributed by atoms with Crippen molar-refractivity contribution < 1.29 is 10.0 Å². The summed E-state index contributed by atoms with van der Waals surface area (Å²) in [4.78, 5) is 0. The van der Waals surface area contributed by atoms with Crippen LogP contribution in [-0.2, 0) is 0 Å². The van der Waals surface area contributed by atoms with E-state index in [9.17, 15) is 0 Å². The first kappa shape index (κ1) is 8.19. The lowest BCUT2D eigenvalue weighted by Crippen LogP contribution is -2.25. The average molecular weight is 128 g/mol. The second kappa shape index (κ2) is 4.11. The molecule has 50 valence electrons. The quantitative estimate of drug-likeness (QED) is 0.283. The monoisotopic (exact) mass is 128 g/mol. The predicted octanol–water partition coefficient (Wildman–Crippen LogP) is -1.25.